The normalized spacial score (nSPS) is 19.9. The Bertz CT molecular complexity index is 620. The van der Waals surface area contributed by atoms with Crippen LogP contribution in [-0.4, -0.2) is 9.55 Å². The van der Waals surface area contributed by atoms with E-state index in [4.69, 9.17) is 11.6 Å². The quantitative estimate of drug-likeness (QED) is 0.672. The Morgan fingerprint density at radius 2 is 2.12 bits per heavy atom. The molecule has 0 amide bonds. The van der Waals surface area contributed by atoms with E-state index in [1.165, 1.54) is 0 Å². The van der Waals surface area contributed by atoms with E-state index >= 15 is 0 Å². The molecule has 1 atom stereocenters. The zero-order chi connectivity index (χ0) is 11.8. The van der Waals surface area contributed by atoms with E-state index in [2.05, 4.69) is 4.98 Å². The number of para-hydroxylation sites is 1. The van der Waals surface area contributed by atoms with Crippen molar-refractivity contribution >= 4 is 22.5 Å². The van der Waals surface area contributed by atoms with Crippen LogP contribution in [0.15, 0.2) is 29.1 Å². The molecule has 0 aliphatic carbocycles. The molecule has 4 heteroatoms. The lowest BCUT2D eigenvalue weighted by Crippen LogP contribution is -2.25. The van der Waals surface area contributed by atoms with Crippen molar-refractivity contribution in [3.63, 3.8) is 0 Å². The fourth-order valence-electron chi connectivity index (χ4n) is 2.36. The molecule has 0 spiro atoms. The summed E-state index contributed by atoms with van der Waals surface area (Å²) in [5.74, 6) is 0.730. The molecule has 1 aliphatic rings. The van der Waals surface area contributed by atoms with Gasteiger partial charge in [0.25, 0.3) is 5.56 Å². The number of fused-ring (bicyclic) bond motifs is 2. The van der Waals surface area contributed by atoms with Gasteiger partial charge in [-0.25, -0.2) is 4.98 Å². The van der Waals surface area contributed by atoms with Gasteiger partial charge < -0.3 is 0 Å². The van der Waals surface area contributed by atoms with Gasteiger partial charge in [0, 0.05) is 6.54 Å². The van der Waals surface area contributed by atoms with E-state index < -0.39 is 0 Å². The minimum atomic E-state index is -0.144. The van der Waals surface area contributed by atoms with Crippen LogP contribution in [0.4, 0.5) is 0 Å². The molecule has 0 unspecified atom stereocenters. The van der Waals surface area contributed by atoms with E-state index in [9.17, 15) is 4.79 Å². The molecule has 0 bridgehead atoms. The highest BCUT2D eigenvalue weighted by molar-refractivity contribution is 6.20. The average Bonchev–Trinajstić information content (AvgIpc) is 2.53. The maximum atomic E-state index is 12.3. The predicted molar refractivity (Wildman–Crippen MR) is 68.4 cm³/mol. The smallest absolute Gasteiger partial charge is 0.261 e. The maximum Gasteiger partial charge on any atom is 0.261 e. The highest BCUT2D eigenvalue weighted by Crippen LogP contribution is 2.28. The van der Waals surface area contributed by atoms with Gasteiger partial charge in [0.05, 0.1) is 16.3 Å². The summed E-state index contributed by atoms with van der Waals surface area (Å²) in [7, 11) is 0. The molecule has 0 saturated heterocycles. The van der Waals surface area contributed by atoms with E-state index in [0.29, 0.717) is 5.39 Å². The molecule has 0 radical (unpaired) electrons. The summed E-state index contributed by atoms with van der Waals surface area (Å²) >= 11 is 6.30. The minimum absolute atomic E-state index is 0.0400. The molecule has 0 fully saturated rings. The third-order valence-electron chi connectivity index (χ3n) is 3.26. The number of alkyl halides is 1. The summed E-state index contributed by atoms with van der Waals surface area (Å²) in [5.41, 5.74) is 0.787. The first-order valence-electron chi connectivity index (χ1n) is 5.91. The Morgan fingerprint density at radius 3 is 3.00 bits per heavy atom. The van der Waals surface area contributed by atoms with Crippen LogP contribution in [0, 0.1) is 0 Å². The van der Waals surface area contributed by atoms with Gasteiger partial charge in [-0.15, -0.1) is 11.6 Å². The van der Waals surface area contributed by atoms with Gasteiger partial charge in [-0.3, -0.25) is 9.36 Å². The third kappa shape index (κ3) is 1.75. The van der Waals surface area contributed by atoms with Crippen LogP contribution in [0.2, 0.25) is 0 Å². The second kappa shape index (κ2) is 4.15. The number of aromatic nitrogens is 2. The largest absolute Gasteiger partial charge is 0.295 e. The van der Waals surface area contributed by atoms with Gasteiger partial charge in [0.2, 0.25) is 0 Å². The van der Waals surface area contributed by atoms with Crippen LogP contribution < -0.4 is 5.56 Å². The average molecular weight is 249 g/mol. The lowest BCUT2D eigenvalue weighted by Gasteiger charge is -2.12. The Morgan fingerprint density at radius 1 is 1.29 bits per heavy atom. The molecule has 0 saturated carbocycles. The summed E-state index contributed by atoms with van der Waals surface area (Å²) in [6, 6.07) is 7.46. The number of benzene rings is 1. The number of nitrogens with zero attached hydrogens (tertiary/aromatic N) is 2. The number of hydrogen-bond donors (Lipinski definition) is 0. The van der Waals surface area contributed by atoms with Crippen LogP contribution in [0.25, 0.3) is 10.9 Å². The summed E-state index contributed by atoms with van der Waals surface area (Å²) in [5, 5.41) is 0.539. The van der Waals surface area contributed by atoms with Crippen molar-refractivity contribution in [2.24, 2.45) is 0 Å². The summed E-state index contributed by atoms with van der Waals surface area (Å²) < 4.78 is 1.74. The Hall–Kier alpha value is -1.35. The number of halogens is 1. The lowest BCUT2D eigenvalue weighted by molar-refractivity contribution is 0.614. The highest BCUT2D eigenvalue weighted by Gasteiger charge is 2.20. The van der Waals surface area contributed by atoms with Crippen LogP contribution in [0.3, 0.4) is 0 Å². The monoisotopic (exact) mass is 248 g/mol. The van der Waals surface area contributed by atoms with Gasteiger partial charge in [0.15, 0.2) is 0 Å². The van der Waals surface area contributed by atoms with Crippen molar-refractivity contribution in [2.45, 2.75) is 31.2 Å². The SMILES string of the molecule is O=c1c2ccccc2nc2n1CCCC[C@H]2Cl. The molecule has 3 rings (SSSR count). The third-order valence-corrected chi connectivity index (χ3v) is 3.67. The van der Waals surface area contributed by atoms with Gasteiger partial charge >= 0.3 is 0 Å². The topological polar surface area (TPSA) is 34.9 Å². The molecule has 1 aromatic heterocycles. The number of rotatable bonds is 0. The molecule has 2 heterocycles. The highest BCUT2D eigenvalue weighted by atomic mass is 35.5. The van der Waals surface area contributed by atoms with Crippen molar-refractivity contribution in [2.75, 3.05) is 0 Å². The second-order valence-corrected chi connectivity index (χ2v) is 4.93. The van der Waals surface area contributed by atoms with Crippen LogP contribution in [0.5, 0.6) is 0 Å². The second-order valence-electron chi connectivity index (χ2n) is 4.41. The van der Waals surface area contributed by atoms with Crippen LogP contribution in [0.1, 0.15) is 30.5 Å². The van der Waals surface area contributed by atoms with Crippen molar-refractivity contribution in [3.8, 4) is 0 Å². The van der Waals surface area contributed by atoms with Gasteiger partial charge in [-0.2, -0.15) is 0 Å². The van der Waals surface area contributed by atoms with Crippen molar-refractivity contribution in [1.82, 2.24) is 9.55 Å². The molecule has 0 N–H and O–H groups in total. The molecular weight excluding hydrogens is 236 g/mol. The maximum absolute atomic E-state index is 12.3. The minimum Gasteiger partial charge on any atom is -0.295 e. The van der Waals surface area contributed by atoms with Crippen molar-refractivity contribution < 1.29 is 0 Å². The Balaban J connectivity index is 2.36. The summed E-state index contributed by atoms with van der Waals surface area (Å²) in [6.45, 7) is 0.731. The van der Waals surface area contributed by atoms with Gasteiger partial charge in [-0.1, -0.05) is 12.1 Å². The first kappa shape index (κ1) is 10.8. The lowest BCUT2D eigenvalue weighted by atomic mass is 10.2. The molecule has 1 aromatic carbocycles. The fraction of sp³-hybridized carbons (Fsp3) is 0.385. The van der Waals surface area contributed by atoms with Crippen molar-refractivity contribution in [3.05, 3.63) is 40.4 Å². The predicted octanol–water partition coefficient (Wildman–Crippen LogP) is 2.86. The summed E-state index contributed by atoms with van der Waals surface area (Å²) in [4.78, 5) is 16.9. The molecule has 17 heavy (non-hydrogen) atoms. The molecule has 1 aliphatic heterocycles. The van der Waals surface area contributed by atoms with E-state index in [1.54, 1.807) is 4.57 Å². The fourth-order valence-corrected chi connectivity index (χ4v) is 2.68. The Labute approximate surface area is 104 Å². The zero-order valence-corrected chi connectivity index (χ0v) is 10.2. The standard InChI is InChI=1S/C13H13ClN2O/c14-10-6-3-4-8-16-12(10)15-11-7-2-1-5-9(11)13(16)17/h1-2,5,7,10H,3-4,6,8H2/t10-/m1/s1. The van der Waals surface area contributed by atoms with Crippen LogP contribution >= 0.6 is 11.6 Å². The molecule has 88 valence electrons. The first-order chi connectivity index (χ1) is 8.27. The number of hydrogen-bond acceptors (Lipinski definition) is 2. The van der Waals surface area contributed by atoms with Crippen LogP contribution in [-0.2, 0) is 6.54 Å². The molecule has 2 aromatic rings. The Kier molecular flexibility index (Phi) is 2.63. The van der Waals surface area contributed by atoms with Crippen molar-refractivity contribution in [1.29, 1.82) is 0 Å². The summed E-state index contributed by atoms with van der Waals surface area (Å²) in [6.07, 6.45) is 2.94. The zero-order valence-electron chi connectivity index (χ0n) is 9.40. The first-order valence-corrected chi connectivity index (χ1v) is 6.34. The van der Waals surface area contributed by atoms with E-state index in [1.807, 2.05) is 24.3 Å². The van der Waals surface area contributed by atoms with E-state index in [0.717, 1.165) is 37.1 Å². The van der Waals surface area contributed by atoms with Gasteiger partial charge in [-0.05, 0) is 31.4 Å². The molecular formula is C13H13ClN2O. The van der Waals surface area contributed by atoms with E-state index in [-0.39, 0.29) is 10.9 Å². The van der Waals surface area contributed by atoms with Gasteiger partial charge in [0.1, 0.15) is 5.82 Å². The molecule has 3 nitrogen and oxygen atoms in total.